The van der Waals surface area contributed by atoms with Gasteiger partial charge in [0.15, 0.2) is 0 Å². The highest BCUT2D eigenvalue weighted by molar-refractivity contribution is 6.88. The largest absolute Gasteiger partial charge is 0.256 e. The summed E-state index contributed by atoms with van der Waals surface area (Å²) >= 11 is 0. The van der Waals surface area contributed by atoms with Gasteiger partial charge in [-0.3, -0.25) is 4.98 Å². The van der Waals surface area contributed by atoms with Crippen molar-refractivity contribution in [1.82, 2.24) is 4.98 Å². The summed E-state index contributed by atoms with van der Waals surface area (Å²) in [5.41, 5.74) is 3.37. The van der Waals surface area contributed by atoms with Crippen LogP contribution in [-0.4, -0.2) is 13.1 Å². The van der Waals surface area contributed by atoms with E-state index in [1.165, 1.54) is 5.19 Å². The van der Waals surface area contributed by atoms with E-state index in [9.17, 15) is 0 Å². The van der Waals surface area contributed by atoms with Gasteiger partial charge < -0.3 is 0 Å². The molecule has 0 radical (unpaired) electrons. The first-order valence-electron chi connectivity index (χ1n) is 12.3. The molecule has 0 aliphatic carbocycles. The van der Waals surface area contributed by atoms with Crippen LogP contribution in [0.1, 0.15) is 28.9 Å². The molecular formula is C24H29NSi. The van der Waals surface area contributed by atoms with Gasteiger partial charge in [-0.1, -0.05) is 93.1 Å². The van der Waals surface area contributed by atoms with Crippen molar-refractivity contribution >= 4 is 13.3 Å². The molecule has 1 heterocycles. The minimum atomic E-state index is -2.99. The Labute approximate surface area is 169 Å². The molecule has 0 fully saturated rings. The standard InChI is InChI=1S/C24H29NSi/c1-18(2)15-21-16-24(20-9-7-6-8-10-20)25-17-23(21)19-11-13-22(14-12-19)26(3,4)5/h6-14,16-18H,15H2,1-5H3/i1D3,2D3,18D. The van der Waals surface area contributed by atoms with Crippen molar-refractivity contribution in [3.05, 3.63) is 72.4 Å². The average Bonchev–Trinajstić information content (AvgIpc) is 2.72. The van der Waals surface area contributed by atoms with Gasteiger partial charge in [0.1, 0.15) is 0 Å². The van der Waals surface area contributed by atoms with Crippen molar-refractivity contribution in [2.45, 2.75) is 39.8 Å². The summed E-state index contributed by atoms with van der Waals surface area (Å²) in [5, 5.41) is 1.28. The molecule has 1 aromatic heterocycles. The summed E-state index contributed by atoms with van der Waals surface area (Å²) in [6.45, 7) is 0.779. The summed E-state index contributed by atoms with van der Waals surface area (Å²) < 4.78 is 55.7. The van der Waals surface area contributed by atoms with Crippen LogP contribution in [0.2, 0.25) is 19.6 Å². The lowest BCUT2D eigenvalue weighted by molar-refractivity contribution is 0.648. The van der Waals surface area contributed by atoms with Crippen LogP contribution in [0.3, 0.4) is 0 Å². The van der Waals surface area contributed by atoms with Gasteiger partial charge in [-0.05, 0) is 29.5 Å². The predicted octanol–water partition coefficient (Wildman–Crippen LogP) is 6.16. The fourth-order valence-electron chi connectivity index (χ4n) is 3.01. The Kier molecular flexibility index (Phi) is 3.36. The van der Waals surface area contributed by atoms with E-state index in [0.717, 1.165) is 11.1 Å². The number of benzene rings is 2. The number of rotatable bonds is 5. The third-order valence-electron chi connectivity index (χ3n) is 4.49. The van der Waals surface area contributed by atoms with Gasteiger partial charge in [-0.2, -0.15) is 0 Å². The van der Waals surface area contributed by atoms with Crippen molar-refractivity contribution < 1.29 is 9.60 Å². The minimum Gasteiger partial charge on any atom is -0.256 e. The molecule has 3 aromatic rings. The van der Waals surface area contributed by atoms with Crippen LogP contribution in [0.25, 0.3) is 22.4 Å². The average molecular weight is 367 g/mol. The lowest BCUT2D eigenvalue weighted by Crippen LogP contribution is -2.37. The molecule has 26 heavy (non-hydrogen) atoms. The molecule has 2 aromatic carbocycles. The second-order valence-corrected chi connectivity index (χ2v) is 12.7. The zero-order valence-electron chi connectivity index (χ0n) is 22.5. The molecule has 1 nitrogen and oxygen atoms in total. The van der Waals surface area contributed by atoms with Gasteiger partial charge in [0.2, 0.25) is 0 Å². The fraction of sp³-hybridized carbons (Fsp3) is 0.292. The van der Waals surface area contributed by atoms with Crippen molar-refractivity contribution in [2.75, 3.05) is 0 Å². The number of hydrogen-bond donors (Lipinski definition) is 0. The molecule has 134 valence electrons. The van der Waals surface area contributed by atoms with E-state index in [-0.39, 0.29) is 0 Å². The predicted molar refractivity (Wildman–Crippen MR) is 117 cm³/mol. The van der Waals surface area contributed by atoms with Crippen LogP contribution < -0.4 is 5.19 Å². The van der Waals surface area contributed by atoms with Gasteiger partial charge in [-0.15, -0.1) is 0 Å². The number of hydrogen-bond acceptors (Lipinski definition) is 1. The molecule has 2 heteroatoms. The normalized spacial score (nSPS) is 17.1. The third-order valence-corrected chi connectivity index (χ3v) is 6.55. The van der Waals surface area contributed by atoms with Crippen molar-refractivity contribution in [3.63, 3.8) is 0 Å². The van der Waals surface area contributed by atoms with E-state index in [1.54, 1.807) is 12.3 Å². The Balaban J connectivity index is 2.18. The molecule has 0 unspecified atom stereocenters. The Morgan fingerprint density at radius 1 is 0.962 bits per heavy atom. The molecule has 3 rings (SSSR count). The summed E-state index contributed by atoms with van der Waals surface area (Å²) in [7, 11) is -1.51. The van der Waals surface area contributed by atoms with Gasteiger partial charge in [0, 0.05) is 26.9 Å². The molecule has 0 amide bonds. The van der Waals surface area contributed by atoms with Crippen molar-refractivity contribution in [1.29, 1.82) is 0 Å². The van der Waals surface area contributed by atoms with Gasteiger partial charge in [-0.25, -0.2) is 0 Å². The summed E-state index contributed by atoms with van der Waals surface area (Å²) in [5.74, 6) is -2.65. The van der Waals surface area contributed by atoms with Gasteiger partial charge in [0.05, 0.1) is 13.8 Å². The highest BCUT2D eigenvalue weighted by atomic mass is 28.3. The second kappa shape index (κ2) is 7.59. The summed E-state index contributed by atoms with van der Waals surface area (Å²) in [6.07, 6.45) is 1.20. The maximum atomic E-state index is 8.57. The van der Waals surface area contributed by atoms with Gasteiger partial charge >= 0.3 is 0 Å². The Bertz CT molecular complexity index is 1080. The zero-order chi connectivity index (χ0) is 24.7. The molecule has 0 spiro atoms. The van der Waals surface area contributed by atoms with Crippen molar-refractivity contribution in [3.8, 4) is 22.4 Å². The zero-order valence-corrected chi connectivity index (χ0v) is 16.5. The molecule has 0 saturated carbocycles. The third kappa shape index (κ3) is 4.31. The maximum Gasteiger partial charge on any atom is 0.0775 e. The topological polar surface area (TPSA) is 12.9 Å². The quantitative estimate of drug-likeness (QED) is 0.493. The SMILES string of the molecule is [2H]C([2H])([2H])C([2H])(Cc1cc(-c2ccccc2)ncc1-c1ccc([Si](C)(C)C)cc1)C([2H])([2H])[2H]. The van der Waals surface area contributed by atoms with E-state index in [2.05, 4.69) is 36.8 Å². The highest BCUT2D eigenvalue weighted by Gasteiger charge is 2.16. The smallest absolute Gasteiger partial charge is 0.0775 e. The lowest BCUT2D eigenvalue weighted by atomic mass is 9.94. The van der Waals surface area contributed by atoms with Crippen LogP contribution in [0, 0.1) is 5.89 Å². The Morgan fingerprint density at radius 3 is 2.27 bits per heavy atom. The fourth-order valence-corrected chi connectivity index (χ4v) is 4.18. The van der Waals surface area contributed by atoms with E-state index in [0.29, 0.717) is 16.8 Å². The molecule has 0 aliphatic rings. The van der Waals surface area contributed by atoms with Crippen LogP contribution in [0.4, 0.5) is 0 Å². The number of aromatic nitrogens is 1. The molecule has 0 atom stereocenters. The molecule has 0 bridgehead atoms. The highest BCUT2D eigenvalue weighted by Crippen LogP contribution is 2.28. The van der Waals surface area contributed by atoms with E-state index < -0.39 is 34.1 Å². The van der Waals surface area contributed by atoms with E-state index in [4.69, 9.17) is 9.60 Å². The first-order valence-corrected chi connectivity index (χ1v) is 12.3. The first kappa shape index (κ1) is 11.5. The van der Waals surface area contributed by atoms with E-state index in [1.807, 2.05) is 42.5 Å². The summed E-state index contributed by atoms with van der Waals surface area (Å²) in [6, 6.07) is 19.2. The maximum absolute atomic E-state index is 8.57. The Hall–Kier alpha value is -2.19. The minimum absolute atomic E-state index is 0.451. The Morgan fingerprint density at radius 2 is 1.65 bits per heavy atom. The molecule has 0 N–H and O–H groups in total. The monoisotopic (exact) mass is 366 g/mol. The molecule has 0 saturated heterocycles. The molecular weight excluding hydrogens is 330 g/mol. The summed E-state index contributed by atoms with van der Waals surface area (Å²) in [4.78, 5) is 4.58. The van der Waals surface area contributed by atoms with Crippen LogP contribution in [-0.2, 0) is 6.42 Å². The number of nitrogens with zero attached hydrogens (tertiary/aromatic N) is 1. The first-order chi connectivity index (χ1) is 15.1. The van der Waals surface area contributed by atoms with Gasteiger partial charge in [0.25, 0.3) is 0 Å². The lowest BCUT2D eigenvalue weighted by Gasteiger charge is -2.18. The van der Waals surface area contributed by atoms with Crippen LogP contribution in [0.5, 0.6) is 0 Å². The van der Waals surface area contributed by atoms with Crippen molar-refractivity contribution in [2.24, 2.45) is 5.89 Å². The second-order valence-electron chi connectivity index (χ2n) is 7.58. The van der Waals surface area contributed by atoms with Crippen LogP contribution in [0.15, 0.2) is 66.9 Å². The van der Waals surface area contributed by atoms with Crippen LogP contribution >= 0.6 is 0 Å². The van der Waals surface area contributed by atoms with E-state index >= 15 is 0 Å². The molecule has 0 aliphatic heterocycles. The number of pyridine rings is 1.